The number of aliphatic hydroxyl groups is 2. The third kappa shape index (κ3) is 9.59. The van der Waals surface area contributed by atoms with Crippen LogP contribution in [-0.4, -0.2) is 105 Å². The number of carbonyl (C=O) groups is 2. The fourth-order valence-electron chi connectivity index (χ4n) is 9.03. The molecule has 2 amide bonds. The first-order valence-corrected chi connectivity index (χ1v) is 27.3. The van der Waals surface area contributed by atoms with Gasteiger partial charge in [0.25, 0.3) is 31.9 Å². The SMILES string of the molecule is Cc1noc(C)c1CC1(O)CCN(C(=O)c2ccc(NS(=O)(=O)c3cccc4ncc(-c5cc(S(=O)(=O)Nc6ccc(C(=O)N7CCC(O)(c8sncc8Cl)CC7)cc6)c6ncsc6c5)nc34)cc2)CC1. The second kappa shape index (κ2) is 18.7. The minimum absolute atomic E-state index is 0.0368. The van der Waals surface area contributed by atoms with Gasteiger partial charge in [0.1, 0.15) is 32.2 Å². The van der Waals surface area contributed by atoms with E-state index in [4.69, 9.17) is 21.1 Å². The molecule has 2 aliphatic rings. The predicted molar refractivity (Wildman–Crippen MR) is 269 cm³/mol. The number of aromatic nitrogens is 5. The maximum Gasteiger partial charge on any atom is 0.264 e. The summed E-state index contributed by atoms with van der Waals surface area (Å²) in [7, 11) is -8.60. The average Bonchev–Trinajstić information content (AvgIpc) is 4.11. The van der Waals surface area contributed by atoms with Crippen molar-refractivity contribution >= 4 is 99.0 Å². The molecule has 2 fully saturated rings. The smallest absolute Gasteiger partial charge is 0.264 e. The fraction of sp³-hybridized carbons (Fsp3) is 0.271. The Morgan fingerprint density at radius 3 is 1.96 bits per heavy atom. The number of sulfonamides is 2. The van der Waals surface area contributed by atoms with Gasteiger partial charge in [-0.25, -0.2) is 26.8 Å². The zero-order valence-corrected chi connectivity index (χ0v) is 42.0. The summed E-state index contributed by atoms with van der Waals surface area (Å²) in [5.74, 6) is 0.151. The lowest BCUT2D eigenvalue weighted by Gasteiger charge is -2.38. The average molecular weight is 1050 g/mol. The van der Waals surface area contributed by atoms with Gasteiger partial charge in [0, 0.05) is 66.2 Å². The zero-order valence-electron chi connectivity index (χ0n) is 38.0. The Hall–Kier alpha value is -6.40. The van der Waals surface area contributed by atoms with Crippen LogP contribution >= 0.6 is 34.5 Å². The van der Waals surface area contributed by atoms with E-state index in [-0.39, 0.29) is 81.2 Å². The number of piperidine rings is 2. The second-order valence-corrected chi connectivity index (χ2v) is 23.1. The number of aryl methyl sites for hydroxylation is 2. The molecule has 2 saturated heterocycles. The summed E-state index contributed by atoms with van der Waals surface area (Å²) >= 11 is 8.58. The molecule has 0 unspecified atom stereocenters. The number of carbonyl (C=O) groups excluding carboxylic acids is 2. The van der Waals surface area contributed by atoms with Gasteiger partial charge in [0.15, 0.2) is 0 Å². The molecule has 4 aromatic carbocycles. The molecular weight excluding hydrogens is 1010 g/mol. The van der Waals surface area contributed by atoms with Crippen molar-refractivity contribution in [2.24, 2.45) is 0 Å². The summed E-state index contributed by atoms with van der Waals surface area (Å²) in [6.45, 7) is 4.89. The molecule has 18 nitrogen and oxygen atoms in total. The topological polar surface area (TPSA) is 251 Å². The van der Waals surface area contributed by atoms with Crippen molar-refractivity contribution in [2.75, 3.05) is 35.6 Å². The fourth-order valence-corrected chi connectivity index (χ4v) is 13.5. The minimum Gasteiger partial charge on any atom is -0.389 e. The molecule has 8 aromatic rings. The summed E-state index contributed by atoms with van der Waals surface area (Å²) in [5.41, 5.74) is 3.08. The van der Waals surface area contributed by atoms with E-state index in [1.54, 1.807) is 34.1 Å². The van der Waals surface area contributed by atoms with Gasteiger partial charge in [-0.05, 0) is 124 Å². The molecule has 0 aliphatic carbocycles. The standard InChI is InChI=1S/C48H44ClN9O9S4/c1-28-35(29(2)67-54-28)24-47(61)14-18-57(19-15-47)45(59)30-6-10-33(11-7-30)55-70(63,64)40-5-3-4-37-42(40)53-38(26-50-37)32-22-39-43(51-27-68-39)41(23-32)71(65,66)56-34-12-8-31(9-13-34)46(60)58-20-16-48(62,17-21-58)44-36(49)25-52-69-44/h3-13,22-23,25-27,55-56,61-62H,14-21,24H2,1-2H3. The molecule has 6 heterocycles. The quantitative estimate of drug-likeness (QED) is 0.0922. The van der Waals surface area contributed by atoms with E-state index >= 15 is 0 Å². The van der Waals surface area contributed by atoms with Crippen LogP contribution in [0.3, 0.4) is 0 Å². The molecule has 0 saturated carbocycles. The molecule has 23 heteroatoms. The van der Waals surface area contributed by atoms with Crippen LogP contribution in [0.1, 0.15) is 68.3 Å². The highest BCUT2D eigenvalue weighted by atomic mass is 35.5. The predicted octanol–water partition coefficient (Wildman–Crippen LogP) is 7.56. The first-order valence-electron chi connectivity index (χ1n) is 22.3. The number of rotatable bonds is 12. The number of hydrogen-bond acceptors (Lipinski definition) is 16. The largest absolute Gasteiger partial charge is 0.389 e. The highest BCUT2D eigenvalue weighted by molar-refractivity contribution is 7.93. The number of fused-ring (bicyclic) bond motifs is 2. The molecule has 2 aliphatic heterocycles. The number of amides is 2. The van der Waals surface area contributed by atoms with E-state index in [0.29, 0.717) is 69.4 Å². The Morgan fingerprint density at radius 1 is 0.775 bits per heavy atom. The van der Waals surface area contributed by atoms with E-state index in [1.165, 1.54) is 83.8 Å². The van der Waals surface area contributed by atoms with Crippen molar-refractivity contribution < 1.29 is 41.2 Å². The first kappa shape index (κ1) is 48.2. The number of likely N-dealkylation sites (tertiary alicyclic amines) is 2. The van der Waals surface area contributed by atoms with Crippen molar-refractivity contribution in [2.45, 2.75) is 66.9 Å². The number of benzene rings is 4. The van der Waals surface area contributed by atoms with Crippen molar-refractivity contribution in [3.05, 3.63) is 135 Å². The van der Waals surface area contributed by atoms with Crippen molar-refractivity contribution in [3.63, 3.8) is 0 Å². The van der Waals surface area contributed by atoms with Gasteiger partial charge in [-0.15, -0.1) is 11.3 Å². The highest BCUT2D eigenvalue weighted by Gasteiger charge is 2.39. The normalized spacial score (nSPS) is 16.1. The lowest BCUT2D eigenvalue weighted by atomic mass is 9.84. The molecule has 4 aromatic heterocycles. The lowest BCUT2D eigenvalue weighted by molar-refractivity contribution is -0.0185. The molecule has 0 spiro atoms. The van der Waals surface area contributed by atoms with Gasteiger partial charge in [-0.3, -0.25) is 24.0 Å². The summed E-state index contributed by atoms with van der Waals surface area (Å²) in [6, 6.07) is 19.8. The van der Waals surface area contributed by atoms with Crippen molar-refractivity contribution in [1.82, 2.24) is 34.3 Å². The van der Waals surface area contributed by atoms with Gasteiger partial charge >= 0.3 is 0 Å². The molecule has 71 heavy (non-hydrogen) atoms. The van der Waals surface area contributed by atoms with E-state index in [9.17, 15) is 36.6 Å². The van der Waals surface area contributed by atoms with Crippen LogP contribution in [0.4, 0.5) is 11.4 Å². The van der Waals surface area contributed by atoms with Gasteiger partial charge in [-0.2, -0.15) is 4.37 Å². The van der Waals surface area contributed by atoms with Crippen LogP contribution in [0.15, 0.2) is 111 Å². The number of nitrogens with zero attached hydrogens (tertiary/aromatic N) is 7. The Labute approximate surface area is 420 Å². The monoisotopic (exact) mass is 1050 g/mol. The maximum absolute atomic E-state index is 14.1. The first-order chi connectivity index (χ1) is 33.9. The lowest BCUT2D eigenvalue weighted by Crippen LogP contribution is -2.47. The van der Waals surface area contributed by atoms with Crippen molar-refractivity contribution in [3.8, 4) is 11.3 Å². The van der Waals surface area contributed by atoms with E-state index in [1.807, 2.05) is 13.8 Å². The van der Waals surface area contributed by atoms with Crippen LogP contribution in [0.5, 0.6) is 0 Å². The summed E-state index contributed by atoms with van der Waals surface area (Å²) in [6.07, 6.45) is 4.62. The number of nitrogens with one attached hydrogen (secondary N) is 2. The van der Waals surface area contributed by atoms with E-state index < -0.39 is 31.2 Å². The summed E-state index contributed by atoms with van der Waals surface area (Å²) in [4.78, 5) is 44.0. The van der Waals surface area contributed by atoms with Gasteiger partial charge in [-0.1, -0.05) is 22.8 Å². The third-order valence-corrected chi connectivity index (χ3v) is 18.1. The van der Waals surface area contributed by atoms with E-state index in [2.05, 4.69) is 28.9 Å². The molecule has 366 valence electrons. The van der Waals surface area contributed by atoms with Crippen LogP contribution in [0, 0.1) is 13.8 Å². The number of para-hydroxylation sites is 1. The molecular formula is C48H44ClN9O9S4. The van der Waals surface area contributed by atoms with Crippen LogP contribution in [0.25, 0.3) is 32.5 Å². The summed E-state index contributed by atoms with van der Waals surface area (Å²) in [5, 5.41) is 26.9. The molecule has 10 rings (SSSR count). The number of halogens is 1. The minimum atomic E-state index is -4.31. The van der Waals surface area contributed by atoms with Gasteiger partial charge in [0.2, 0.25) is 0 Å². The molecule has 4 N–H and O–H groups in total. The third-order valence-electron chi connectivity index (χ3n) is 13.1. The Morgan fingerprint density at radius 2 is 1.38 bits per heavy atom. The van der Waals surface area contributed by atoms with E-state index in [0.717, 1.165) is 22.8 Å². The van der Waals surface area contributed by atoms with Gasteiger partial charge in [0.05, 0.1) is 55.0 Å². The highest BCUT2D eigenvalue weighted by Crippen LogP contribution is 2.40. The molecule has 0 bridgehead atoms. The number of anilines is 2. The molecule has 0 radical (unpaired) electrons. The maximum atomic E-state index is 14.1. The van der Waals surface area contributed by atoms with Crippen LogP contribution < -0.4 is 9.44 Å². The van der Waals surface area contributed by atoms with Crippen LogP contribution in [-0.2, 0) is 32.1 Å². The van der Waals surface area contributed by atoms with Crippen LogP contribution in [0.2, 0.25) is 5.02 Å². The summed E-state index contributed by atoms with van der Waals surface area (Å²) < 4.78 is 71.4. The van der Waals surface area contributed by atoms with Crippen molar-refractivity contribution in [1.29, 1.82) is 0 Å². The Kier molecular flexibility index (Phi) is 12.7. The Balaban J connectivity index is 0.828. The second-order valence-electron chi connectivity index (χ2n) is 17.7. The van der Waals surface area contributed by atoms with Gasteiger partial charge < -0.3 is 24.5 Å². The number of thiazole rings is 1. The Bertz CT molecular complexity index is 3570. The number of hydrogen-bond donors (Lipinski definition) is 4. The molecule has 0 atom stereocenters. The zero-order chi connectivity index (χ0) is 49.9.